The fourth-order valence-electron chi connectivity index (χ4n) is 3.41. The molecule has 3 aromatic carbocycles. The third-order valence-electron chi connectivity index (χ3n) is 5.12. The fourth-order valence-corrected chi connectivity index (χ4v) is 4.49. The average Bonchev–Trinajstić information content (AvgIpc) is 3.11. The van der Waals surface area contributed by atoms with Gasteiger partial charge in [-0.05, 0) is 43.3 Å². The van der Waals surface area contributed by atoms with E-state index in [0.717, 1.165) is 11.1 Å². The van der Waals surface area contributed by atoms with Gasteiger partial charge in [0.1, 0.15) is 17.4 Å². The number of aliphatic hydroxyl groups excluding tert-OH is 1. The second-order valence-corrected chi connectivity index (χ2v) is 8.97. The number of nitrogens with zero attached hydrogens (tertiary/aromatic N) is 3. The minimum Gasteiger partial charge on any atom is -0.506 e. The van der Waals surface area contributed by atoms with E-state index in [4.69, 9.17) is 0 Å². The molecule has 8 heteroatoms. The highest BCUT2D eigenvalue weighted by Gasteiger charge is 2.21. The summed E-state index contributed by atoms with van der Waals surface area (Å²) >= 11 is 0. The molecule has 0 radical (unpaired) electrons. The number of imidazole rings is 1. The SMILES string of the molecule is Cc1ccc(S(=O)(=O)Nc2ccccc2/C(O)=C(\C#N)c2nc3ccccc3n2C)cc1. The molecule has 0 aliphatic heterocycles. The van der Waals surface area contributed by atoms with Crippen LogP contribution in [0.4, 0.5) is 5.69 Å². The molecule has 0 aliphatic rings. The van der Waals surface area contributed by atoms with Gasteiger partial charge in [-0.3, -0.25) is 4.72 Å². The van der Waals surface area contributed by atoms with Crippen molar-refractivity contribution >= 4 is 38.1 Å². The second kappa shape index (κ2) is 8.21. The van der Waals surface area contributed by atoms with Crippen LogP contribution < -0.4 is 4.72 Å². The molecule has 0 aliphatic carbocycles. The highest BCUT2D eigenvalue weighted by atomic mass is 32.2. The van der Waals surface area contributed by atoms with Crippen molar-refractivity contribution in [3.63, 3.8) is 0 Å². The molecule has 4 aromatic rings. The van der Waals surface area contributed by atoms with Gasteiger partial charge in [0, 0.05) is 12.6 Å². The molecule has 7 nitrogen and oxygen atoms in total. The molecule has 0 bridgehead atoms. The summed E-state index contributed by atoms with van der Waals surface area (Å²) in [4.78, 5) is 4.57. The van der Waals surface area contributed by atoms with Crippen molar-refractivity contribution in [1.82, 2.24) is 9.55 Å². The Balaban J connectivity index is 1.81. The van der Waals surface area contributed by atoms with Gasteiger partial charge in [-0.25, -0.2) is 13.4 Å². The lowest BCUT2D eigenvalue weighted by Crippen LogP contribution is -2.14. The van der Waals surface area contributed by atoms with Gasteiger partial charge in [-0.15, -0.1) is 0 Å². The van der Waals surface area contributed by atoms with E-state index >= 15 is 0 Å². The van der Waals surface area contributed by atoms with E-state index < -0.39 is 10.0 Å². The van der Waals surface area contributed by atoms with Crippen LogP contribution in [0.5, 0.6) is 0 Å². The highest BCUT2D eigenvalue weighted by Crippen LogP contribution is 2.31. The largest absolute Gasteiger partial charge is 0.506 e. The van der Waals surface area contributed by atoms with Crippen LogP contribution in [0.15, 0.2) is 77.7 Å². The van der Waals surface area contributed by atoms with E-state index in [1.165, 1.54) is 18.2 Å². The molecule has 160 valence electrons. The van der Waals surface area contributed by atoms with Crippen LogP contribution in [0.2, 0.25) is 0 Å². The quantitative estimate of drug-likeness (QED) is 0.345. The zero-order chi connectivity index (χ0) is 22.9. The molecular formula is C24H20N4O3S. The molecule has 0 saturated carbocycles. The molecule has 1 aromatic heterocycles. The molecule has 32 heavy (non-hydrogen) atoms. The van der Waals surface area contributed by atoms with Gasteiger partial charge in [-0.1, -0.05) is 42.0 Å². The topological polar surface area (TPSA) is 108 Å². The Morgan fingerprint density at radius 2 is 1.69 bits per heavy atom. The summed E-state index contributed by atoms with van der Waals surface area (Å²) in [7, 11) is -2.15. The van der Waals surface area contributed by atoms with Crippen LogP contribution in [-0.2, 0) is 17.1 Å². The Labute approximate surface area is 185 Å². The van der Waals surface area contributed by atoms with E-state index in [2.05, 4.69) is 9.71 Å². The van der Waals surface area contributed by atoms with Crippen molar-refractivity contribution in [3.05, 3.63) is 89.7 Å². The lowest BCUT2D eigenvalue weighted by Gasteiger charge is -2.13. The van der Waals surface area contributed by atoms with Crippen molar-refractivity contribution in [2.75, 3.05) is 4.72 Å². The van der Waals surface area contributed by atoms with E-state index in [1.54, 1.807) is 41.9 Å². The Bertz CT molecular complexity index is 1490. The number of benzene rings is 3. The Morgan fingerprint density at radius 3 is 2.38 bits per heavy atom. The summed E-state index contributed by atoms with van der Waals surface area (Å²) in [6.45, 7) is 1.87. The summed E-state index contributed by atoms with van der Waals surface area (Å²) in [6.07, 6.45) is 0. The summed E-state index contributed by atoms with van der Waals surface area (Å²) in [6, 6.07) is 22.2. The van der Waals surface area contributed by atoms with Crippen molar-refractivity contribution < 1.29 is 13.5 Å². The van der Waals surface area contributed by atoms with Crippen molar-refractivity contribution in [3.8, 4) is 6.07 Å². The van der Waals surface area contributed by atoms with E-state index in [-0.39, 0.29) is 33.3 Å². The van der Waals surface area contributed by atoms with E-state index in [9.17, 15) is 18.8 Å². The van der Waals surface area contributed by atoms with Crippen LogP contribution in [0.25, 0.3) is 22.4 Å². The van der Waals surface area contributed by atoms with Crippen LogP contribution >= 0.6 is 0 Å². The maximum atomic E-state index is 12.9. The molecule has 0 saturated heterocycles. The number of aromatic nitrogens is 2. The predicted molar refractivity (Wildman–Crippen MR) is 124 cm³/mol. The summed E-state index contributed by atoms with van der Waals surface area (Å²) < 4.78 is 30.0. The first kappa shape index (κ1) is 21.2. The van der Waals surface area contributed by atoms with Crippen LogP contribution in [-0.4, -0.2) is 23.1 Å². The first-order valence-electron chi connectivity index (χ1n) is 9.76. The number of nitrogens with one attached hydrogen (secondary N) is 1. The van der Waals surface area contributed by atoms with E-state index in [0.29, 0.717) is 5.52 Å². The summed E-state index contributed by atoms with van der Waals surface area (Å²) in [5.74, 6) is -0.0875. The minimum absolute atomic E-state index is 0.0642. The number of allylic oxidation sites excluding steroid dienone is 1. The number of aliphatic hydroxyl groups is 1. The van der Waals surface area contributed by atoms with Gasteiger partial charge in [-0.2, -0.15) is 5.26 Å². The standard InChI is InChI=1S/C24H20N4O3S/c1-16-11-13-17(14-12-16)32(30,31)27-20-8-4-3-7-18(20)23(29)19(15-25)24-26-21-9-5-6-10-22(21)28(24)2/h3-14,27,29H,1-2H3/b23-19-. The normalized spacial score (nSPS) is 12.3. The van der Waals surface area contributed by atoms with Crippen LogP contribution in [0.3, 0.4) is 0 Å². The summed E-state index contributed by atoms with van der Waals surface area (Å²) in [5.41, 5.74) is 2.68. The van der Waals surface area contributed by atoms with Gasteiger partial charge in [0.2, 0.25) is 0 Å². The van der Waals surface area contributed by atoms with Gasteiger partial charge in [0.25, 0.3) is 10.0 Å². The van der Waals surface area contributed by atoms with Crippen LogP contribution in [0.1, 0.15) is 17.0 Å². The Kier molecular flexibility index (Phi) is 5.43. The van der Waals surface area contributed by atoms with Crippen molar-refractivity contribution in [2.45, 2.75) is 11.8 Å². The summed E-state index contributed by atoms with van der Waals surface area (Å²) in [5, 5.41) is 20.9. The minimum atomic E-state index is -3.90. The molecular weight excluding hydrogens is 424 g/mol. The number of sulfonamides is 1. The lowest BCUT2D eigenvalue weighted by molar-refractivity contribution is 0.514. The number of nitriles is 1. The van der Waals surface area contributed by atoms with Crippen LogP contribution in [0, 0.1) is 18.3 Å². The molecule has 0 fully saturated rings. The lowest BCUT2D eigenvalue weighted by atomic mass is 10.1. The first-order chi connectivity index (χ1) is 15.3. The third kappa shape index (κ3) is 3.82. The number of rotatable bonds is 5. The first-order valence-corrected chi connectivity index (χ1v) is 11.2. The molecule has 0 spiro atoms. The number of hydrogen-bond acceptors (Lipinski definition) is 5. The molecule has 2 N–H and O–H groups in total. The number of anilines is 1. The second-order valence-electron chi connectivity index (χ2n) is 7.28. The maximum Gasteiger partial charge on any atom is 0.261 e. The zero-order valence-corrected chi connectivity index (χ0v) is 18.3. The molecule has 0 amide bonds. The number of hydrogen-bond donors (Lipinski definition) is 2. The number of para-hydroxylation sites is 3. The monoisotopic (exact) mass is 444 g/mol. The van der Waals surface area contributed by atoms with Gasteiger partial charge < -0.3 is 9.67 Å². The maximum absolute atomic E-state index is 12.9. The number of fused-ring (bicyclic) bond motifs is 1. The van der Waals surface area contributed by atoms with Crippen molar-refractivity contribution in [2.24, 2.45) is 7.05 Å². The van der Waals surface area contributed by atoms with E-state index in [1.807, 2.05) is 37.3 Å². The van der Waals surface area contributed by atoms with Crippen molar-refractivity contribution in [1.29, 1.82) is 5.26 Å². The zero-order valence-electron chi connectivity index (χ0n) is 17.4. The highest BCUT2D eigenvalue weighted by molar-refractivity contribution is 7.92. The average molecular weight is 445 g/mol. The Hall–Kier alpha value is -4.09. The molecule has 0 atom stereocenters. The molecule has 4 rings (SSSR count). The third-order valence-corrected chi connectivity index (χ3v) is 6.50. The predicted octanol–water partition coefficient (Wildman–Crippen LogP) is 4.63. The Morgan fingerprint density at radius 1 is 1.03 bits per heavy atom. The molecule has 1 heterocycles. The fraction of sp³-hybridized carbons (Fsp3) is 0.0833. The number of aryl methyl sites for hydroxylation is 2. The smallest absolute Gasteiger partial charge is 0.261 e. The molecule has 0 unspecified atom stereocenters. The van der Waals surface area contributed by atoms with Gasteiger partial charge in [0.05, 0.1) is 21.6 Å². The van der Waals surface area contributed by atoms with Gasteiger partial charge in [0.15, 0.2) is 5.82 Å². The van der Waals surface area contributed by atoms with Gasteiger partial charge >= 0.3 is 0 Å².